The summed E-state index contributed by atoms with van der Waals surface area (Å²) >= 11 is 1.14. The van der Waals surface area contributed by atoms with Crippen molar-refractivity contribution in [3.63, 3.8) is 0 Å². The molecule has 0 bridgehead atoms. The summed E-state index contributed by atoms with van der Waals surface area (Å²) in [5.41, 5.74) is 1.20. The van der Waals surface area contributed by atoms with Crippen molar-refractivity contribution in [2.75, 3.05) is 6.61 Å². The van der Waals surface area contributed by atoms with E-state index in [9.17, 15) is 14.0 Å². The van der Waals surface area contributed by atoms with Gasteiger partial charge in [0.1, 0.15) is 21.5 Å². The van der Waals surface area contributed by atoms with Crippen molar-refractivity contribution in [2.45, 2.75) is 19.9 Å². The van der Waals surface area contributed by atoms with Crippen molar-refractivity contribution in [1.29, 1.82) is 0 Å². The summed E-state index contributed by atoms with van der Waals surface area (Å²) in [5, 5.41) is 3.26. The highest BCUT2D eigenvalue weighted by atomic mass is 32.1. The molecular weight excluding hydrogens is 371 g/mol. The molecule has 1 atom stereocenters. The largest absolute Gasteiger partial charge is 0.467 e. The summed E-state index contributed by atoms with van der Waals surface area (Å²) in [7, 11) is 0. The Morgan fingerprint density at radius 1 is 1.30 bits per heavy atom. The van der Waals surface area contributed by atoms with Crippen LogP contribution in [0, 0.1) is 12.7 Å². The van der Waals surface area contributed by atoms with E-state index in [4.69, 9.17) is 9.15 Å². The SMILES string of the molecule is Cc1nc(-c2ccc(F)cc2)sc1C(=O)OCC(=O)N[C@H](C)c1ccco1. The fraction of sp³-hybridized carbons (Fsp3) is 0.211. The number of hydrogen-bond acceptors (Lipinski definition) is 6. The highest BCUT2D eigenvalue weighted by molar-refractivity contribution is 7.17. The summed E-state index contributed by atoms with van der Waals surface area (Å²) in [6.07, 6.45) is 1.52. The number of hydrogen-bond donors (Lipinski definition) is 1. The molecule has 2 aromatic heterocycles. The van der Waals surface area contributed by atoms with E-state index in [0.29, 0.717) is 26.9 Å². The fourth-order valence-corrected chi connectivity index (χ4v) is 3.36. The van der Waals surface area contributed by atoms with Crippen LogP contribution in [-0.4, -0.2) is 23.5 Å². The van der Waals surface area contributed by atoms with Gasteiger partial charge in [0.2, 0.25) is 0 Å². The van der Waals surface area contributed by atoms with Gasteiger partial charge < -0.3 is 14.5 Å². The first-order valence-corrected chi connectivity index (χ1v) is 8.99. The number of furan rings is 1. The molecule has 8 heteroatoms. The summed E-state index contributed by atoms with van der Waals surface area (Å²) in [5.74, 6) is -0.800. The van der Waals surface area contributed by atoms with Gasteiger partial charge in [-0.3, -0.25) is 4.79 Å². The number of nitrogens with zero attached hydrogens (tertiary/aromatic N) is 1. The van der Waals surface area contributed by atoms with Crippen molar-refractivity contribution in [3.05, 3.63) is 64.8 Å². The third-order valence-electron chi connectivity index (χ3n) is 3.75. The summed E-state index contributed by atoms with van der Waals surface area (Å²) in [6, 6.07) is 8.97. The van der Waals surface area contributed by atoms with Gasteiger partial charge in [-0.2, -0.15) is 0 Å². The third kappa shape index (κ3) is 4.59. The Balaban J connectivity index is 1.59. The van der Waals surface area contributed by atoms with E-state index >= 15 is 0 Å². The smallest absolute Gasteiger partial charge is 0.350 e. The highest BCUT2D eigenvalue weighted by Crippen LogP contribution is 2.28. The maximum atomic E-state index is 13.0. The minimum Gasteiger partial charge on any atom is -0.467 e. The number of nitrogens with one attached hydrogen (secondary N) is 1. The van der Waals surface area contributed by atoms with Crippen LogP contribution in [0.15, 0.2) is 47.1 Å². The molecule has 0 unspecified atom stereocenters. The molecule has 1 amide bonds. The summed E-state index contributed by atoms with van der Waals surface area (Å²) in [4.78, 5) is 28.9. The molecule has 140 valence electrons. The molecule has 0 saturated heterocycles. The van der Waals surface area contributed by atoms with Crippen molar-refractivity contribution in [1.82, 2.24) is 10.3 Å². The van der Waals surface area contributed by atoms with E-state index in [1.165, 1.54) is 18.4 Å². The molecule has 3 rings (SSSR count). The predicted molar refractivity (Wildman–Crippen MR) is 97.8 cm³/mol. The maximum Gasteiger partial charge on any atom is 0.350 e. The predicted octanol–water partition coefficient (Wildman–Crippen LogP) is 3.88. The Hall–Kier alpha value is -3.00. The van der Waals surface area contributed by atoms with E-state index < -0.39 is 18.5 Å². The monoisotopic (exact) mass is 388 g/mol. The van der Waals surface area contributed by atoms with E-state index in [-0.39, 0.29) is 11.9 Å². The van der Waals surface area contributed by atoms with Crippen molar-refractivity contribution in [3.8, 4) is 10.6 Å². The second-order valence-electron chi connectivity index (χ2n) is 5.82. The zero-order chi connectivity index (χ0) is 19.4. The molecule has 0 radical (unpaired) electrons. The van der Waals surface area contributed by atoms with Crippen LogP contribution in [0.4, 0.5) is 4.39 Å². The lowest BCUT2D eigenvalue weighted by Crippen LogP contribution is -2.30. The average Bonchev–Trinajstić information content (AvgIpc) is 3.30. The van der Waals surface area contributed by atoms with E-state index in [2.05, 4.69) is 10.3 Å². The topological polar surface area (TPSA) is 81.4 Å². The molecule has 3 aromatic rings. The minimum absolute atomic E-state index is 0.307. The molecule has 0 aliphatic rings. The van der Waals surface area contributed by atoms with Crippen LogP contribution in [0.25, 0.3) is 10.6 Å². The van der Waals surface area contributed by atoms with Crippen LogP contribution >= 0.6 is 11.3 Å². The molecule has 0 spiro atoms. The number of halogens is 1. The summed E-state index contributed by atoms with van der Waals surface area (Å²) in [6.45, 7) is 3.03. The molecule has 0 aliphatic heterocycles. The molecule has 27 heavy (non-hydrogen) atoms. The van der Waals surface area contributed by atoms with Gasteiger partial charge in [0, 0.05) is 5.56 Å². The maximum absolute atomic E-state index is 13.0. The van der Waals surface area contributed by atoms with Crippen molar-refractivity contribution >= 4 is 23.2 Å². The van der Waals surface area contributed by atoms with Crippen molar-refractivity contribution < 1.29 is 23.1 Å². The number of aryl methyl sites for hydroxylation is 1. The number of carbonyl (C=O) groups is 2. The highest BCUT2D eigenvalue weighted by Gasteiger charge is 2.19. The van der Waals surface area contributed by atoms with Gasteiger partial charge in [-0.05, 0) is 50.2 Å². The number of ether oxygens (including phenoxy) is 1. The molecular formula is C19H17FN2O4S. The van der Waals surface area contributed by atoms with Crippen molar-refractivity contribution in [2.24, 2.45) is 0 Å². The van der Waals surface area contributed by atoms with E-state index in [0.717, 1.165) is 11.3 Å². The Labute approximate surface area is 159 Å². The number of carbonyl (C=O) groups excluding carboxylic acids is 2. The second kappa shape index (κ2) is 8.13. The van der Waals surface area contributed by atoms with Crippen LogP contribution < -0.4 is 5.32 Å². The van der Waals surface area contributed by atoms with Gasteiger partial charge in [-0.15, -0.1) is 11.3 Å². The Kier molecular flexibility index (Phi) is 5.66. The lowest BCUT2D eigenvalue weighted by molar-refractivity contribution is -0.125. The molecule has 0 fully saturated rings. The zero-order valence-corrected chi connectivity index (χ0v) is 15.5. The number of aromatic nitrogens is 1. The number of rotatable bonds is 6. The molecule has 0 aliphatic carbocycles. The van der Waals surface area contributed by atoms with E-state index in [1.807, 2.05) is 0 Å². The third-order valence-corrected chi connectivity index (χ3v) is 4.94. The number of amides is 1. The Morgan fingerprint density at radius 2 is 2.04 bits per heavy atom. The number of thiazole rings is 1. The molecule has 6 nitrogen and oxygen atoms in total. The van der Waals surface area contributed by atoms with Crippen LogP contribution in [-0.2, 0) is 9.53 Å². The van der Waals surface area contributed by atoms with Gasteiger partial charge >= 0.3 is 5.97 Å². The number of benzene rings is 1. The van der Waals surface area contributed by atoms with Gasteiger partial charge in [0.15, 0.2) is 6.61 Å². The first kappa shape index (κ1) is 18.8. The molecule has 1 N–H and O–H groups in total. The quantitative estimate of drug-likeness (QED) is 0.648. The molecule has 1 aromatic carbocycles. The lowest BCUT2D eigenvalue weighted by atomic mass is 10.2. The first-order chi connectivity index (χ1) is 12.9. The molecule has 2 heterocycles. The van der Waals surface area contributed by atoms with Crippen LogP contribution in [0.2, 0.25) is 0 Å². The first-order valence-electron chi connectivity index (χ1n) is 8.17. The van der Waals surface area contributed by atoms with E-state index in [1.54, 1.807) is 38.1 Å². The van der Waals surface area contributed by atoms with Gasteiger partial charge in [-0.25, -0.2) is 14.2 Å². The molecule has 0 saturated carbocycles. The van der Waals surface area contributed by atoms with Crippen LogP contribution in [0.1, 0.15) is 34.1 Å². The summed E-state index contributed by atoms with van der Waals surface area (Å²) < 4.78 is 23.3. The van der Waals surface area contributed by atoms with Gasteiger partial charge in [-0.1, -0.05) is 0 Å². The standard InChI is InChI=1S/C19H17FN2O4S/c1-11(15-4-3-9-25-15)21-16(23)10-26-19(24)17-12(2)22-18(27-17)13-5-7-14(20)8-6-13/h3-9,11H,10H2,1-2H3,(H,21,23)/t11-/m1/s1. The van der Waals surface area contributed by atoms with Gasteiger partial charge in [0.05, 0.1) is 18.0 Å². The van der Waals surface area contributed by atoms with Gasteiger partial charge in [0.25, 0.3) is 5.91 Å². The Morgan fingerprint density at radius 3 is 2.70 bits per heavy atom. The minimum atomic E-state index is -0.626. The lowest BCUT2D eigenvalue weighted by Gasteiger charge is -2.11. The van der Waals surface area contributed by atoms with Crippen LogP contribution in [0.5, 0.6) is 0 Å². The fourth-order valence-electron chi connectivity index (χ4n) is 2.39. The second-order valence-corrected chi connectivity index (χ2v) is 6.82. The normalized spacial score (nSPS) is 11.8. The Bertz CT molecular complexity index is 935. The average molecular weight is 388 g/mol. The van der Waals surface area contributed by atoms with Crippen LogP contribution in [0.3, 0.4) is 0 Å². The zero-order valence-electron chi connectivity index (χ0n) is 14.7. The number of esters is 1.